The Morgan fingerprint density at radius 2 is 2.03 bits per heavy atom. The molecular weight excluding hydrogens is 443 g/mol. The predicted molar refractivity (Wildman–Crippen MR) is 123 cm³/mol. The quantitative estimate of drug-likeness (QED) is 0.611. The van der Waals surface area contributed by atoms with Crippen molar-refractivity contribution in [2.45, 2.75) is 31.8 Å². The molecule has 33 heavy (non-hydrogen) atoms. The first-order chi connectivity index (χ1) is 15.9. The van der Waals surface area contributed by atoms with Gasteiger partial charge >= 0.3 is 0 Å². The minimum Gasteiger partial charge on any atom is -0.315 e. The number of rotatable bonds is 5. The van der Waals surface area contributed by atoms with Gasteiger partial charge < -0.3 is 10.2 Å². The number of para-hydroxylation sites is 1. The molecule has 1 N–H and O–H groups in total. The largest absolute Gasteiger partial charge is 0.315 e. The maximum Gasteiger partial charge on any atom is 0.257 e. The maximum absolute atomic E-state index is 13.5. The zero-order valence-electron chi connectivity index (χ0n) is 17.9. The Bertz CT molecular complexity index is 1280. The van der Waals surface area contributed by atoms with E-state index in [2.05, 4.69) is 10.3 Å². The second kappa shape index (κ2) is 8.08. The second-order valence-corrected chi connectivity index (χ2v) is 9.12. The van der Waals surface area contributed by atoms with Crippen LogP contribution in [0.4, 0.5) is 15.2 Å². The fourth-order valence-electron chi connectivity index (χ4n) is 4.55. The number of carbonyl (C=O) groups is 3. The van der Waals surface area contributed by atoms with Crippen molar-refractivity contribution in [1.82, 2.24) is 9.88 Å². The Balaban J connectivity index is 1.30. The highest BCUT2D eigenvalue weighted by molar-refractivity contribution is 7.14. The van der Waals surface area contributed by atoms with Crippen LogP contribution in [0.2, 0.25) is 0 Å². The third-order valence-electron chi connectivity index (χ3n) is 6.18. The zero-order valence-corrected chi connectivity index (χ0v) is 18.7. The summed E-state index contributed by atoms with van der Waals surface area (Å²) in [4.78, 5) is 46.2. The summed E-state index contributed by atoms with van der Waals surface area (Å²) < 4.78 is 13.5. The molecule has 3 amide bonds. The molecule has 3 aromatic rings. The average Bonchev–Trinajstić information content (AvgIpc) is 3.38. The van der Waals surface area contributed by atoms with Crippen molar-refractivity contribution in [3.63, 3.8) is 0 Å². The van der Waals surface area contributed by atoms with Crippen LogP contribution in [0, 0.1) is 5.82 Å². The third kappa shape index (κ3) is 3.68. The van der Waals surface area contributed by atoms with Gasteiger partial charge in [-0.2, -0.15) is 0 Å². The van der Waals surface area contributed by atoms with Crippen LogP contribution < -0.4 is 10.2 Å². The van der Waals surface area contributed by atoms with E-state index in [1.54, 1.807) is 45.5 Å². The first-order valence-corrected chi connectivity index (χ1v) is 11.5. The Kier molecular flexibility index (Phi) is 5.20. The van der Waals surface area contributed by atoms with Crippen molar-refractivity contribution in [2.75, 3.05) is 16.8 Å². The Morgan fingerprint density at radius 3 is 2.85 bits per heavy atom. The van der Waals surface area contributed by atoms with Crippen LogP contribution in [0.5, 0.6) is 0 Å². The van der Waals surface area contributed by atoms with Crippen molar-refractivity contribution >= 4 is 39.9 Å². The summed E-state index contributed by atoms with van der Waals surface area (Å²) in [6, 6.07) is 13.2. The number of fused-ring (bicyclic) bond motifs is 3. The molecule has 9 heteroatoms. The van der Waals surface area contributed by atoms with Crippen LogP contribution in [0.25, 0.3) is 11.3 Å². The van der Waals surface area contributed by atoms with E-state index in [1.165, 1.54) is 23.5 Å². The molecule has 1 atom stereocenters. The number of thiazole rings is 1. The Labute approximate surface area is 193 Å². The molecule has 1 aromatic heterocycles. The standard InChI is InChI=1S/C24H21FN4O3S/c1-24-11-9-21(31)29(24)19-8-3-2-7-17(19)22(32)28(24)12-10-20(30)27-23-26-18(14-33-23)15-5-4-6-16(25)13-15/h2-8,13-14H,9-12H2,1H3,(H,26,27,30). The van der Waals surface area contributed by atoms with Crippen molar-refractivity contribution < 1.29 is 18.8 Å². The topological polar surface area (TPSA) is 82.6 Å². The number of amides is 3. The van der Waals surface area contributed by atoms with Crippen LogP contribution in [0.15, 0.2) is 53.9 Å². The smallest absolute Gasteiger partial charge is 0.257 e. The van der Waals surface area contributed by atoms with E-state index >= 15 is 0 Å². The molecule has 0 saturated carbocycles. The van der Waals surface area contributed by atoms with E-state index in [0.717, 1.165) is 0 Å². The first-order valence-electron chi connectivity index (χ1n) is 10.6. The van der Waals surface area contributed by atoms with Gasteiger partial charge in [0.1, 0.15) is 11.5 Å². The summed E-state index contributed by atoms with van der Waals surface area (Å²) in [5.41, 5.74) is 1.49. The third-order valence-corrected chi connectivity index (χ3v) is 6.94. The lowest BCUT2D eigenvalue weighted by atomic mass is 9.98. The Hall–Kier alpha value is -3.59. The number of hydrogen-bond acceptors (Lipinski definition) is 5. The minimum absolute atomic E-state index is 0.0282. The van der Waals surface area contributed by atoms with E-state index in [4.69, 9.17) is 0 Å². The number of carbonyl (C=O) groups excluding carboxylic acids is 3. The molecule has 7 nitrogen and oxygen atoms in total. The number of benzene rings is 2. The maximum atomic E-state index is 13.5. The zero-order chi connectivity index (χ0) is 23.2. The van der Waals surface area contributed by atoms with Crippen LogP contribution in [-0.2, 0) is 9.59 Å². The fourth-order valence-corrected chi connectivity index (χ4v) is 5.28. The van der Waals surface area contributed by atoms with Crippen molar-refractivity contribution in [3.8, 4) is 11.3 Å². The van der Waals surface area contributed by atoms with E-state index < -0.39 is 5.66 Å². The normalized spacial score (nSPS) is 19.5. The average molecular weight is 465 g/mol. The molecular formula is C24H21FN4O3S. The van der Waals surface area contributed by atoms with Gasteiger partial charge in [0.15, 0.2) is 5.13 Å². The van der Waals surface area contributed by atoms with Gasteiger partial charge in [-0.05, 0) is 37.6 Å². The van der Waals surface area contributed by atoms with Gasteiger partial charge in [-0.1, -0.05) is 24.3 Å². The molecule has 168 valence electrons. The second-order valence-electron chi connectivity index (χ2n) is 8.27. The van der Waals surface area contributed by atoms with Gasteiger partial charge in [0.25, 0.3) is 5.91 Å². The van der Waals surface area contributed by atoms with E-state index in [1.807, 2.05) is 13.0 Å². The SMILES string of the molecule is CC12CCC(=O)N1c1ccccc1C(=O)N2CCC(=O)Nc1nc(-c2cccc(F)c2)cs1. The number of nitrogens with one attached hydrogen (secondary N) is 1. The van der Waals surface area contributed by atoms with Gasteiger partial charge in [-0.15, -0.1) is 11.3 Å². The van der Waals surface area contributed by atoms with Crippen molar-refractivity contribution in [1.29, 1.82) is 0 Å². The molecule has 0 aliphatic carbocycles. The minimum atomic E-state index is -0.797. The van der Waals surface area contributed by atoms with E-state index in [0.29, 0.717) is 40.5 Å². The van der Waals surface area contributed by atoms with Crippen molar-refractivity contribution in [2.24, 2.45) is 0 Å². The molecule has 2 aliphatic rings. The monoisotopic (exact) mass is 464 g/mol. The summed E-state index contributed by atoms with van der Waals surface area (Å²) in [5.74, 6) is -0.859. The highest BCUT2D eigenvalue weighted by Gasteiger charge is 2.52. The van der Waals surface area contributed by atoms with Gasteiger partial charge in [0.2, 0.25) is 11.8 Å². The van der Waals surface area contributed by atoms with Crippen LogP contribution in [-0.4, -0.2) is 39.8 Å². The molecule has 0 radical (unpaired) electrons. The molecule has 2 aliphatic heterocycles. The lowest BCUT2D eigenvalue weighted by Gasteiger charge is -2.48. The van der Waals surface area contributed by atoms with E-state index in [-0.39, 0.29) is 36.5 Å². The number of anilines is 2. The van der Waals surface area contributed by atoms with Crippen molar-refractivity contribution in [3.05, 3.63) is 65.3 Å². The molecule has 1 unspecified atom stereocenters. The van der Waals surface area contributed by atoms with Crippen LogP contribution >= 0.6 is 11.3 Å². The molecule has 1 saturated heterocycles. The van der Waals surface area contributed by atoms with Crippen LogP contribution in [0.1, 0.15) is 36.5 Å². The number of aromatic nitrogens is 1. The molecule has 0 bridgehead atoms. The summed E-state index contributed by atoms with van der Waals surface area (Å²) >= 11 is 1.25. The lowest BCUT2D eigenvalue weighted by Crippen LogP contribution is -2.62. The predicted octanol–water partition coefficient (Wildman–Crippen LogP) is 4.28. The van der Waals surface area contributed by atoms with Gasteiger partial charge in [0.05, 0.1) is 16.9 Å². The van der Waals surface area contributed by atoms with E-state index in [9.17, 15) is 18.8 Å². The molecule has 2 aromatic carbocycles. The van der Waals surface area contributed by atoms with Gasteiger partial charge in [0, 0.05) is 30.3 Å². The lowest BCUT2D eigenvalue weighted by molar-refractivity contribution is -0.117. The Morgan fingerprint density at radius 1 is 1.21 bits per heavy atom. The molecule has 3 heterocycles. The molecule has 0 spiro atoms. The van der Waals surface area contributed by atoms with Crippen LogP contribution in [0.3, 0.4) is 0 Å². The number of halogens is 1. The fraction of sp³-hybridized carbons (Fsp3) is 0.250. The number of hydrogen-bond donors (Lipinski definition) is 1. The van der Waals surface area contributed by atoms with Gasteiger partial charge in [-0.25, -0.2) is 9.37 Å². The summed E-state index contributed by atoms with van der Waals surface area (Å²) in [5, 5.41) is 4.91. The molecule has 5 rings (SSSR count). The summed E-state index contributed by atoms with van der Waals surface area (Å²) in [7, 11) is 0. The highest BCUT2D eigenvalue weighted by Crippen LogP contribution is 2.44. The highest BCUT2D eigenvalue weighted by atomic mass is 32.1. The first kappa shape index (κ1) is 21.3. The number of nitrogens with zero attached hydrogens (tertiary/aromatic N) is 3. The van der Waals surface area contributed by atoms with Gasteiger partial charge in [-0.3, -0.25) is 19.3 Å². The summed E-state index contributed by atoms with van der Waals surface area (Å²) in [6.45, 7) is 2.04. The molecule has 1 fully saturated rings. The summed E-state index contributed by atoms with van der Waals surface area (Å²) in [6.07, 6.45) is 0.917.